The van der Waals surface area contributed by atoms with Gasteiger partial charge in [-0.3, -0.25) is 0 Å². The quantitative estimate of drug-likeness (QED) is 0.727. The molecule has 1 aliphatic heterocycles. The summed E-state index contributed by atoms with van der Waals surface area (Å²) in [5.41, 5.74) is 2.33. The lowest BCUT2D eigenvalue weighted by molar-refractivity contribution is 0.641. The Hall–Kier alpha value is -3.15. The Balaban J connectivity index is 1.40. The average Bonchev–Trinajstić information content (AvgIpc) is 2.75. The van der Waals surface area contributed by atoms with E-state index in [9.17, 15) is 0 Å². The molecule has 0 unspecified atom stereocenters. The molecule has 28 heavy (non-hydrogen) atoms. The summed E-state index contributed by atoms with van der Waals surface area (Å²) in [7, 11) is 0. The van der Waals surface area contributed by atoms with E-state index in [1.54, 1.807) is 0 Å². The highest BCUT2D eigenvalue weighted by atomic mass is 15.3. The first kappa shape index (κ1) is 18.2. The summed E-state index contributed by atoms with van der Waals surface area (Å²) in [6.45, 7) is 8.08. The van der Waals surface area contributed by atoms with Crippen LogP contribution >= 0.6 is 0 Å². The lowest BCUT2D eigenvalue weighted by Gasteiger charge is -2.36. The summed E-state index contributed by atoms with van der Waals surface area (Å²) in [5, 5.41) is 3.31. The van der Waals surface area contributed by atoms with Crippen LogP contribution in [-0.2, 0) is 0 Å². The van der Waals surface area contributed by atoms with E-state index in [1.165, 1.54) is 5.56 Å². The lowest BCUT2D eigenvalue weighted by Crippen LogP contribution is -2.47. The SMILES string of the molecule is CC(C)c1ccc(Nc2nccc(N3CCN(c4ccccn4)CC3)n2)cc1. The van der Waals surface area contributed by atoms with Crippen molar-refractivity contribution in [2.45, 2.75) is 19.8 Å². The zero-order valence-corrected chi connectivity index (χ0v) is 16.4. The van der Waals surface area contributed by atoms with Gasteiger partial charge in [-0.1, -0.05) is 32.0 Å². The minimum Gasteiger partial charge on any atom is -0.353 e. The molecular formula is C22H26N6. The van der Waals surface area contributed by atoms with Crippen molar-refractivity contribution in [3.05, 3.63) is 66.5 Å². The van der Waals surface area contributed by atoms with Crippen molar-refractivity contribution in [3.8, 4) is 0 Å². The van der Waals surface area contributed by atoms with Crippen molar-refractivity contribution in [3.63, 3.8) is 0 Å². The molecule has 3 heterocycles. The molecule has 6 heteroatoms. The first-order chi connectivity index (χ1) is 13.7. The van der Waals surface area contributed by atoms with Gasteiger partial charge in [-0.2, -0.15) is 4.98 Å². The van der Waals surface area contributed by atoms with E-state index in [-0.39, 0.29) is 0 Å². The molecule has 1 N–H and O–H groups in total. The molecule has 0 amide bonds. The lowest BCUT2D eigenvalue weighted by atomic mass is 10.0. The first-order valence-electron chi connectivity index (χ1n) is 9.80. The van der Waals surface area contributed by atoms with Crippen LogP contribution in [0.15, 0.2) is 60.9 Å². The standard InChI is InChI=1S/C22H26N6/c1-17(2)18-6-8-19(9-7-18)25-22-24-12-10-21(26-22)28-15-13-27(14-16-28)20-5-3-4-11-23-20/h3-12,17H,13-16H2,1-2H3,(H,24,25,26). The molecule has 4 rings (SSSR count). The Morgan fingerprint density at radius 2 is 1.50 bits per heavy atom. The average molecular weight is 374 g/mol. The van der Waals surface area contributed by atoms with E-state index in [2.05, 4.69) is 69.3 Å². The van der Waals surface area contributed by atoms with E-state index < -0.39 is 0 Å². The molecule has 0 atom stereocenters. The second-order valence-electron chi connectivity index (χ2n) is 7.30. The summed E-state index contributed by atoms with van der Waals surface area (Å²) in [4.78, 5) is 18.2. The number of pyridine rings is 1. The van der Waals surface area contributed by atoms with Gasteiger partial charge in [0, 0.05) is 44.3 Å². The summed E-state index contributed by atoms with van der Waals surface area (Å²) < 4.78 is 0. The van der Waals surface area contributed by atoms with Crippen LogP contribution in [0.25, 0.3) is 0 Å². The van der Waals surface area contributed by atoms with E-state index in [1.807, 2.05) is 30.6 Å². The van der Waals surface area contributed by atoms with E-state index in [0.717, 1.165) is 43.5 Å². The molecule has 0 spiro atoms. The van der Waals surface area contributed by atoms with Crippen LogP contribution in [0, 0.1) is 0 Å². The van der Waals surface area contributed by atoms with Crippen LogP contribution in [0.2, 0.25) is 0 Å². The molecule has 1 saturated heterocycles. The Kier molecular flexibility index (Phi) is 5.37. The van der Waals surface area contributed by atoms with E-state index >= 15 is 0 Å². The third-order valence-electron chi connectivity index (χ3n) is 5.05. The van der Waals surface area contributed by atoms with Gasteiger partial charge in [0.05, 0.1) is 0 Å². The van der Waals surface area contributed by atoms with Gasteiger partial charge in [0.2, 0.25) is 5.95 Å². The predicted molar refractivity (Wildman–Crippen MR) is 115 cm³/mol. The molecule has 0 aliphatic carbocycles. The topological polar surface area (TPSA) is 57.2 Å². The van der Waals surface area contributed by atoms with E-state index in [4.69, 9.17) is 4.98 Å². The monoisotopic (exact) mass is 374 g/mol. The first-order valence-corrected chi connectivity index (χ1v) is 9.80. The number of anilines is 4. The maximum atomic E-state index is 4.72. The van der Waals surface area contributed by atoms with Gasteiger partial charge in [0.15, 0.2) is 0 Å². The maximum absolute atomic E-state index is 4.72. The van der Waals surface area contributed by atoms with Crippen molar-refractivity contribution in [1.29, 1.82) is 0 Å². The molecule has 144 valence electrons. The highest BCUT2D eigenvalue weighted by Gasteiger charge is 2.19. The molecule has 2 aromatic heterocycles. The third-order valence-corrected chi connectivity index (χ3v) is 5.05. The van der Waals surface area contributed by atoms with Gasteiger partial charge >= 0.3 is 0 Å². The van der Waals surface area contributed by atoms with Crippen LogP contribution in [0.5, 0.6) is 0 Å². The maximum Gasteiger partial charge on any atom is 0.229 e. The summed E-state index contributed by atoms with van der Waals surface area (Å²) >= 11 is 0. The molecule has 1 aliphatic rings. The smallest absolute Gasteiger partial charge is 0.229 e. The van der Waals surface area contributed by atoms with Crippen molar-refractivity contribution in [1.82, 2.24) is 15.0 Å². The fraction of sp³-hybridized carbons (Fsp3) is 0.318. The normalized spacial score (nSPS) is 14.4. The number of piperazine rings is 1. The van der Waals surface area contributed by atoms with Crippen LogP contribution in [0.4, 0.5) is 23.3 Å². The molecule has 1 fully saturated rings. The molecule has 1 aromatic carbocycles. The molecule has 0 bridgehead atoms. The number of nitrogens with one attached hydrogen (secondary N) is 1. The largest absolute Gasteiger partial charge is 0.353 e. The summed E-state index contributed by atoms with van der Waals surface area (Å²) in [5.74, 6) is 3.15. The number of benzene rings is 1. The Bertz CT molecular complexity index is 886. The van der Waals surface area contributed by atoms with Crippen molar-refractivity contribution >= 4 is 23.3 Å². The van der Waals surface area contributed by atoms with Crippen molar-refractivity contribution in [2.75, 3.05) is 41.3 Å². The number of rotatable bonds is 5. The number of nitrogens with zero attached hydrogens (tertiary/aromatic N) is 5. The zero-order valence-electron chi connectivity index (χ0n) is 16.4. The van der Waals surface area contributed by atoms with Crippen molar-refractivity contribution in [2.24, 2.45) is 0 Å². The Labute approximate surface area is 166 Å². The summed E-state index contributed by atoms with van der Waals surface area (Å²) in [6.07, 6.45) is 3.66. The predicted octanol–water partition coefficient (Wildman–Crippen LogP) is 4.07. The molecule has 3 aromatic rings. The van der Waals surface area contributed by atoms with Crippen LogP contribution in [0.3, 0.4) is 0 Å². The van der Waals surface area contributed by atoms with Gasteiger partial charge < -0.3 is 15.1 Å². The minimum atomic E-state index is 0.526. The van der Waals surface area contributed by atoms with Gasteiger partial charge in [-0.05, 0) is 41.8 Å². The van der Waals surface area contributed by atoms with Gasteiger partial charge in [-0.15, -0.1) is 0 Å². The highest BCUT2D eigenvalue weighted by Crippen LogP contribution is 2.21. The fourth-order valence-corrected chi connectivity index (χ4v) is 3.37. The number of hydrogen-bond acceptors (Lipinski definition) is 6. The van der Waals surface area contributed by atoms with Crippen LogP contribution in [0.1, 0.15) is 25.3 Å². The summed E-state index contributed by atoms with van der Waals surface area (Å²) in [6, 6.07) is 16.5. The fourth-order valence-electron chi connectivity index (χ4n) is 3.37. The second kappa shape index (κ2) is 8.25. The Morgan fingerprint density at radius 1 is 0.786 bits per heavy atom. The van der Waals surface area contributed by atoms with Crippen molar-refractivity contribution < 1.29 is 0 Å². The zero-order chi connectivity index (χ0) is 19.3. The second-order valence-corrected chi connectivity index (χ2v) is 7.30. The van der Waals surface area contributed by atoms with Gasteiger partial charge in [0.1, 0.15) is 11.6 Å². The van der Waals surface area contributed by atoms with E-state index in [0.29, 0.717) is 11.9 Å². The molecule has 0 radical (unpaired) electrons. The van der Waals surface area contributed by atoms with Gasteiger partial charge in [-0.25, -0.2) is 9.97 Å². The van der Waals surface area contributed by atoms with Gasteiger partial charge in [0.25, 0.3) is 0 Å². The highest BCUT2D eigenvalue weighted by molar-refractivity contribution is 5.56. The third kappa shape index (κ3) is 4.22. The Morgan fingerprint density at radius 3 is 2.14 bits per heavy atom. The molecular weight excluding hydrogens is 348 g/mol. The number of hydrogen-bond donors (Lipinski definition) is 1. The minimum absolute atomic E-state index is 0.526. The molecule has 6 nitrogen and oxygen atoms in total. The number of aromatic nitrogens is 3. The van der Waals surface area contributed by atoms with Crippen LogP contribution < -0.4 is 15.1 Å². The molecule has 0 saturated carbocycles. The van der Waals surface area contributed by atoms with Crippen LogP contribution in [-0.4, -0.2) is 41.1 Å².